The summed E-state index contributed by atoms with van der Waals surface area (Å²) in [6, 6.07) is 0.183. The van der Waals surface area contributed by atoms with Gasteiger partial charge in [0.15, 0.2) is 0 Å². The van der Waals surface area contributed by atoms with Gasteiger partial charge in [0, 0.05) is 12.0 Å². The predicted molar refractivity (Wildman–Crippen MR) is 62.4 cm³/mol. The van der Waals surface area contributed by atoms with Gasteiger partial charge in [0.2, 0.25) is 11.1 Å². The molecule has 0 aromatic carbocycles. The van der Waals surface area contributed by atoms with E-state index >= 15 is 0 Å². The van der Waals surface area contributed by atoms with E-state index in [4.69, 9.17) is 0 Å². The van der Waals surface area contributed by atoms with Crippen LogP contribution in [-0.4, -0.2) is 32.9 Å². The number of rotatable bonds is 5. The third-order valence-electron chi connectivity index (χ3n) is 2.23. The van der Waals surface area contributed by atoms with Crippen molar-refractivity contribution in [2.24, 2.45) is 0 Å². The number of carbonyl (C=O) groups excluding carboxylic acids is 1. The Morgan fingerprint density at radius 2 is 2.38 bits per heavy atom. The van der Waals surface area contributed by atoms with Gasteiger partial charge < -0.3 is 5.32 Å². The first-order chi connectivity index (χ1) is 7.65. The summed E-state index contributed by atoms with van der Waals surface area (Å²) in [6.07, 6.45) is 2.40. The summed E-state index contributed by atoms with van der Waals surface area (Å²) in [5, 5.41) is 10.5. The van der Waals surface area contributed by atoms with Crippen LogP contribution >= 0.6 is 11.8 Å². The van der Waals surface area contributed by atoms with Crippen molar-refractivity contribution in [1.82, 2.24) is 20.5 Å². The zero-order valence-electron chi connectivity index (χ0n) is 9.49. The lowest BCUT2D eigenvalue weighted by Gasteiger charge is -2.06. The van der Waals surface area contributed by atoms with Crippen LogP contribution in [0.5, 0.6) is 0 Å². The number of nitrogens with zero attached hydrogens (tertiary/aromatic N) is 2. The second-order valence-corrected chi connectivity index (χ2v) is 5.23. The Hall–Kier alpha value is -1.04. The molecule has 0 bridgehead atoms. The molecule has 1 amide bonds. The molecule has 1 heterocycles. The first-order valence-corrected chi connectivity index (χ1v) is 6.48. The highest BCUT2D eigenvalue weighted by Gasteiger charge is 2.27. The van der Waals surface area contributed by atoms with Gasteiger partial charge in [-0.05, 0) is 26.7 Å². The molecule has 1 aromatic heterocycles. The highest BCUT2D eigenvalue weighted by Crippen LogP contribution is 2.38. The molecule has 2 rings (SSSR count). The monoisotopic (exact) mass is 240 g/mol. The van der Waals surface area contributed by atoms with Crippen molar-refractivity contribution < 1.29 is 4.79 Å². The number of aromatic amines is 1. The number of thioether (sulfide) groups is 1. The molecule has 0 aliphatic heterocycles. The van der Waals surface area contributed by atoms with Crippen LogP contribution in [0.25, 0.3) is 0 Å². The van der Waals surface area contributed by atoms with Gasteiger partial charge in [-0.3, -0.25) is 9.89 Å². The van der Waals surface area contributed by atoms with E-state index in [2.05, 4.69) is 20.5 Å². The van der Waals surface area contributed by atoms with E-state index in [1.165, 1.54) is 24.6 Å². The second kappa shape index (κ2) is 4.86. The Kier molecular flexibility index (Phi) is 3.48. The molecule has 1 aliphatic rings. The van der Waals surface area contributed by atoms with Crippen molar-refractivity contribution in [3.63, 3.8) is 0 Å². The molecule has 0 spiro atoms. The molecular formula is C10H16N4OS. The van der Waals surface area contributed by atoms with Gasteiger partial charge in [-0.1, -0.05) is 11.8 Å². The Balaban J connectivity index is 1.77. The minimum Gasteiger partial charge on any atom is -0.353 e. The van der Waals surface area contributed by atoms with E-state index in [-0.39, 0.29) is 11.9 Å². The van der Waals surface area contributed by atoms with Crippen molar-refractivity contribution in [3.05, 3.63) is 5.82 Å². The first-order valence-electron chi connectivity index (χ1n) is 5.49. The molecule has 1 fully saturated rings. The molecule has 1 aliphatic carbocycles. The number of H-pyrrole nitrogens is 1. The third kappa shape index (κ3) is 3.23. The van der Waals surface area contributed by atoms with E-state index in [1.807, 2.05) is 13.8 Å². The number of nitrogens with one attached hydrogen (secondary N) is 2. The van der Waals surface area contributed by atoms with Gasteiger partial charge in [-0.15, -0.1) is 5.10 Å². The number of hydrogen-bond acceptors (Lipinski definition) is 4. The van der Waals surface area contributed by atoms with Crippen LogP contribution in [0.2, 0.25) is 0 Å². The van der Waals surface area contributed by atoms with Crippen LogP contribution in [0.4, 0.5) is 0 Å². The van der Waals surface area contributed by atoms with Gasteiger partial charge in [0.25, 0.3) is 0 Å². The van der Waals surface area contributed by atoms with Crippen LogP contribution in [0.15, 0.2) is 5.16 Å². The molecule has 6 heteroatoms. The van der Waals surface area contributed by atoms with Gasteiger partial charge in [-0.25, -0.2) is 4.98 Å². The van der Waals surface area contributed by atoms with Gasteiger partial charge >= 0.3 is 0 Å². The zero-order chi connectivity index (χ0) is 11.5. The van der Waals surface area contributed by atoms with E-state index in [0.29, 0.717) is 16.8 Å². The quantitative estimate of drug-likeness (QED) is 0.761. The van der Waals surface area contributed by atoms with E-state index in [1.54, 1.807) is 0 Å². The van der Waals surface area contributed by atoms with Crippen molar-refractivity contribution in [2.75, 3.05) is 5.75 Å². The first kappa shape index (κ1) is 11.4. The highest BCUT2D eigenvalue weighted by molar-refractivity contribution is 7.99. The lowest BCUT2D eigenvalue weighted by molar-refractivity contribution is -0.119. The molecule has 0 radical (unpaired) electrons. The Morgan fingerprint density at radius 1 is 1.62 bits per heavy atom. The normalized spacial score (nSPS) is 15.4. The summed E-state index contributed by atoms with van der Waals surface area (Å²) in [7, 11) is 0. The smallest absolute Gasteiger partial charge is 0.230 e. The van der Waals surface area contributed by atoms with E-state index in [9.17, 15) is 4.79 Å². The van der Waals surface area contributed by atoms with Gasteiger partial charge in [0.05, 0.1) is 5.75 Å². The Labute approximate surface area is 98.8 Å². The lowest BCUT2D eigenvalue weighted by atomic mass is 10.4. The van der Waals surface area contributed by atoms with E-state index < -0.39 is 0 Å². The topological polar surface area (TPSA) is 70.7 Å². The number of hydrogen-bond donors (Lipinski definition) is 2. The molecule has 0 atom stereocenters. The summed E-state index contributed by atoms with van der Waals surface area (Å²) in [6.45, 7) is 3.89. The summed E-state index contributed by atoms with van der Waals surface area (Å²) >= 11 is 1.37. The van der Waals surface area contributed by atoms with Crippen molar-refractivity contribution in [2.45, 2.75) is 43.8 Å². The fraction of sp³-hybridized carbons (Fsp3) is 0.700. The van der Waals surface area contributed by atoms with Gasteiger partial charge in [0.1, 0.15) is 5.82 Å². The number of aromatic nitrogens is 3. The largest absolute Gasteiger partial charge is 0.353 e. The maximum Gasteiger partial charge on any atom is 0.230 e. The Bertz CT molecular complexity index is 373. The number of amides is 1. The minimum absolute atomic E-state index is 0.0257. The summed E-state index contributed by atoms with van der Waals surface area (Å²) in [4.78, 5) is 15.7. The molecule has 16 heavy (non-hydrogen) atoms. The zero-order valence-corrected chi connectivity index (χ0v) is 10.3. The lowest BCUT2D eigenvalue weighted by Crippen LogP contribution is -2.31. The molecule has 5 nitrogen and oxygen atoms in total. The van der Waals surface area contributed by atoms with Crippen molar-refractivity contribution in [3.8, 4) is 0 Å². The van der Waals surface area contributed by atoms with E-state index in [0.717, 1.165) is 5.82 Å². The highest BCUT2D eigenvalue weighted by atomic mass is 32.2. The van der Waals surface area contributed by atoms with Crippen molar-refractivity contribution in [1.29, 1.82) is 0 Å². The average molecular weight is 240 g/mol. The summed E-state index contributed by atoms with van der Waals surface area (Å²) in [5.41, 5.74) is 0. The van der Waals surface area contributed by atoms with Crippen LogP contribution in [0.3, 0.4) is 0 Å². The summed E-state index contributed by atoms with van der Waals surface area (Å²) < 4.78 is 0. The molecular weight excluding hydrogens is 224 g/mol. The van der Waals surface area contributed by atoms with Gasteiger partial charge in [-0.2, -0.15) is 0 Å². The van der Waals surface area contributed by atoms with Crippen LogP contribution in [0.1, 0.15) is 38.4 Å². The number of carbonyl (C=O) groups is 1. The average Bonchev–Trinajstić information content (AvgIpc) is 2.94. The molecule has 0 unspecified atom stereocenters. The second-order valence-electron chi connectivity index (χ2n) is 4.29. The van der Waals surface area contributed by atoms with Crippen LogP contribution in [0, 0.1) is 0 Å². The van der Waals surface area contributed by atoms with Crippen molar-refractivity contribution >= 4 is 17.7 Å². The molecule has 0 saturated heterocycles. The fourth-order valence-electron chi connectivity index (χ4n) is 1.36. The Morgan fingerprint density at radius 3 is 3.00 bits per heavy atom. The predicted octanol–water partition coefficient (Wildman–Crippen LogP) is 1.30. The van der Waals surface area contributed by atoms with Crippen LogP contribution < -0.4 is 5.32 Å². The maximum absolute atomic E-state index is 11.4. The standard InChI is InChI=1S/C10H16N4OS/c1-6(2)11-8(15)5-16-10-12-9(13-14-10)7-3-4-7/h6-7H,3-5H2,1-2H3,(H,11,15)(H,12,13,14). The molecule has 2 N–H and O–H groups in total. The SMILES string of the molecule is CC(C)NC(=O)CSc1n[nH]c(C2CC2)n1. The summed E-state index contributed by atoms with van der Waals surface area (Å²) in [5.74, 6) is 1.94. The minimum atomic E-state index is 0.0257. The fourth-order valence-corrected chi connectivity index (χ4v) is 1.97. The maximum atomic E-state index is 11.4. The molecule has 1 aromatic rings. The molecule has 1 saturated carbocycles. The third-order valence-corrected chi connectivity index (χ3v) is 3.08. The molecule has 88 valence electrons. The van der Waals surface area contributed by atoms with Crippen LogP contribution in [-0.2, 0) is 4.79 Å².